The molecule has 0 saturated carbocycles. The first-order valence-electron chi connectivity index (χ1n) is 13.0. The third-order valence-corrected chi connectivity index (χ3v) is 6.92. The number of amides is 2. The highest BCUT2D eigenvalue weighted by atomic mass is 16.5. The van der Waals surface area contributed by atoms with Crippen LogP contribution in [0.25, 0.3) is 22.0 Å². The van der Waals surface area contributed by atoms with Gasteiger partial charge in [0.2, 0.25) is 0 Å². The summed E-state index contributed by atoms with van der Waals surface area (Å²) < 4.78 is 5.42. The highest BCUT2D eigenvalue weighted by Crippen LogP contribution is 2.24. The molecule has 0 bridgehead atoms. The zero-order valence-electron chi connectivity index (χ0n) is 21.3. The van der Waals surface area contributed by atoms with E-state index in [0.29, 0.717) is 11.1 Å². The normalized spacial score (nSPS) is 13.3. The number of benzene rings is 4. The molecule has 1 aliphatic heterocycles. The van der Waals surface area contributed by atoms with Gasteiger partial charge in [0, 0.05) is 58.4 Å². The van der Waals surface area contributed by atoms with E-state index in [1.165, 1.54) is 0 Å². The highest BCUT2D eigenvalue weighted by Gasteiger charge is 2.13. The number of aromatic nitrogens is 1. The van der Waals surface area contributed by atoms with E-state index in [1.54, 1.807) is 18.2 Å². The molecule has 0 unspecified atom stereocenters. The Bertz CT molecular complexity index is 1620. The fourth-order valence-corrected chi connectivity index (χ4v) is 4.77. The van der Waals surface area contributed by atoms with E-state index < -0.39 is 0 Å². The number of carbonyl (C=O) groups is 2. The summed E-state index contributed by atoms with van der Waals surface area (Å²) in [5.74, 6) is -0.351. The van der Waals surface area contributed by atoms with Crippen molar-refractivity contribution < 1.29 is 14.3 Å². The van der Waals surface area contributed by atoms with Crippen molar-refractivity contribution in [1.82, 2.24) is 4.98 Å². The Morgan fingerprint density at radius 3 is 2.21 bits per heavy atom. The Kier molecular flexibility index (Phi) is 6.80. The molecule has 7 heteroatoms. The number of aromatic amines is 1. The Balaban J connectivity index is 1.11. The van der Waals surface area contributed by atoms with Crippen LogP contribution >= 0.6 is 0 Å². The second-order valence-corrected chi connectivity index (χ2v) is 9.49. The third kappa shape index (κ3) is 5.54. The second kappa shape index (κ2) is 10.8. The molecule has 1 fully saturated rings. The lowest BCUT2D eigenvalue weighted by atomic mass is 10.0. The first-order valence-corrected chi connectivity index (χ1v) is 13.0. The standard InChI is InChI=1S/C32H28N4O3/c37-31(35-28-10-13-30-25(21-28)14-15-33-30)23-6-4-22(5-7-23)24-2-1-3-26(20-24)32(38)34-27-8-11-29(12-9-27)36-16-18-39-19-17-36/h1-15,20-21,33H,16-19H2,(H,34,38)(H,35,37). The molecule has 39 heavy (non-hydrogen) atoms. The molecule has 0 radical (unpaired) electrons. The van der Waals surface area contributed by atoms with Crippen molar-refractivity contribution >= 4 is 39.8 Å². The van der Waals surface area contributed by atoms with Gasteiger partial charge in [0.05, 0.1) is 13.2 Å². The smallest absolute Gasteiger partial charge is 0.255 e. The Morgan fingerprint density at radius 1 is 0.692 bits per heavy atom. The van der Waals surface area contributed by atoms with Crippen molar-refractivity contribution in [1.29, 1.82) is 0 Å². The number of H-pyrrole nitrogens is 1. The van der Waals surface area contributed by atoms with Crippen molar-refractivity contribution in [2.24, 2.45) is 0 Å². The van der Waals surface area contributed by atoms with Crippen molar-refractivity contribution in [3.8, 4) is 11.1 Å². The van der Waals surface area contributed by atoms with Crippen molar-refractivity contribution in [3.63, 3.8) is 0 Å². The van der Waals surface area contributed by atoms with Gasteiger partial charge < -0.3 is 25.3 Å². The van der Waals surface area contributed by atoms with Crippen LogP contribution in [0.5, 0.6) is 0 Å². The van der Waals surface area contributed by atoms with Crippen molar-refractivity contribution in [3.05, 3.63) is 114 Å². The van der Waals surface area contributed by atoms with Gasteiger partial charge in [0.15, 0.2) is 0 Å². The maximum atomic E-state index is 13.0. The molecule has 1 saturated heterocycles. The van der Waals surface area contributed by atoms with Crippen molar-refractivity contribution in [2.75, 3.05) is 41.8 Å². The molecule has 4 aromatic carbocycles. The highest BCUT2D eigenvalue weighted by molar-refractivity contribution is 6.06. The van der Waals surface area contributed by atoms with Crippen LogP contribution in [0.1, 0.15) is 20.7 Å². The summed E-state index contributed by atoms with van der Waals surface area (Å²) in [6, 6.07) is 30.5. The van der Waals surface area contributed by atoms with Crippen LogP contribution in [0, 0.1) is 0 Å². The molecule has 2 amide bonds. The zero-order valence-corrected chi connectivity index (χ0v) is 21.3. The lowest BCUT2D eigenvalue weighted by molar-refractivity contribution is 0.101. The Labute approximate surface area is 226 Å². The fourth-order valence-electron chi connectivity index (χ4n) is 4.77. The molecular formula is C32H28N4O3. The number of carbonyl (C=O) groups excluding carboxylic acids is 2. The number of anilines is 3. The minimum atomic E-state index is -0.177. The summed E-state index contributed by atoms with van der Waals surface area (Å²) in [5, 5.41) is 6.98. The van der Waals surface area contributed by atoms with Crippen LogP contribution in [0.3, 0.4) is 0 Å². The van der Waals surface area contributed by atoms with Gasteiger partial charge in [-0.3, -0.25) is 9.59 Å². The average molecular weight is 517 g/mol. The van der Waals surface area contributed by atoms with Crippen molar-refractivity contribution in [2.45, 2.75) is 0 Å². The molecular weight excluding hydrogens is 488 g/mol. The maximum absolute atomic E-state index is 13.0. The summed E-state index contributed by atoms with van der Waals surface area (Å²) in [4.78, 5) is 31.2. The quantitative estimate of drug-likeness (QED) is 0.252. The van der Waals surface area contributed by atoms with E-state index >= 15 is 0 Å². The molecule has 0 aliphatic carbocycles. The number of ether oxygens (including phenoxy) is 1. The van der Waals surface area contributed by atoms with Gasteiger partial charge in [-0.15, -0.1) is 0 Å². The predicted molar refractivity (Wildman–Crippen MR) is 156 cm³/mol. The fraction of sp³-hybridized carbons (Fsp3) is 0.125. The molecule has 1 aliphatic rings. The first kappa shape index (κ1) is 24.5. The second-order valence-electron chi connectivity index (χ2n) is 9.49. The number of nitrogens with one attached hydrogen (secondary N) is 3. The third-order valence-electron chi connectivity index (χ3n) is 6.92. The molecule has 0 spiro atoms. The van der Waals surface area contributed by atoms with Crippen LogP contribution in [-0.4, -0.2) is 43.1 Å². The molecule has 5 aromatic rings. The zero-order chi connectivity index (χ0) is 26.6. The molecule has 6 rings (SSSR count). The predicted octanol–water partition coefficient (Wildman–Crippen LogP) is 6.18. The lowest BCUT2D eigenvalue weighted by Crippen LogP contribution is -2.36. The van der Waals surface area contributed by atoms with Gasteiger partial charge in [0.25, 0.3) is 11.8 Å². The number of hydrogen-bond donors (Lipinski definition) is 3. The van der Waals surface area contributed by atoms with E-state index in [4.69, 9.17) is 4.74 Å². The molecule has 2 heterocycles. The van der Waals surface area contributed by atoms with Crippen LogP contribution in [0.2, 0.25) is 0 Å². The van der Waals surface area contributed by atoms with Gasteiger partial charge in [-0.25, -0.2) is 0 Å². The van der Waals surface area contributed by atoms with Gasteiger partial charge in [-0.05, 0) is 83.9 Å². The Morgan fingerprint density at radius 2 is 1.41 bits per heavy atom. The van der Waals surface area contributed by atoms with Crippen LogP contribution in [0.4, 0.5) is 17.1 Å². The largest absolute Gasteiger partial charge is 0.378 e. The van der Waals surface area contributed by atoms with Crippen LogP contribution in [0.15, 0.2) is 103 Å². The SMILES string of the molecule is O=C(Nc1ccc2[nH]ccc2c1)c1ccc(-c2cccc(C(=O)Nc3ccc(N4CCOCC4)cc3)c2)cc1. The van der Waals surface area contributed by atoms with E-state index in [2.05, 4.69) is 20.5 Å². The van der Waals surface area contributed by atoms with E-state index in [1.807, 2.05) is 85.1 Å². The molecule has 194 valence electrons. The van der Waals surface area contributed by atoms with E-state index in [9.17, 15) is 9.59 Å². The van der Waals surface area contributed by atoms with E-state index in [-0.39, 0.29) is 11.8 Å². The minimum Gasteiger partial charge on any atom is -0.378 e. The molecule has 1 aromatic heterocycles. The molecule has 7 nitrogen and oxygen atoms in total. The van der Waals surface area contributed by atoms with Gasteiger partial charge in [-0.2, -0.15) is 0 Å². The van der Waals surface area contributed by atoms with Gasteiger partial charge >= 0.3 is 0 Å². The summed E-state index contributed by atoms with van der Waals surface area (Å²) in [6.45, 7) is 3.20. The maximum Gasteiger partial charge on any atom is 0.255 e. The number of nitrogens with zero attached hydrogens (tertiary/aromatic N) is 1. The summed E-state index contributed by atoms with van der Waals surface area (Å²) >= 11 is 0. The van der Waals surface area contributed by atoms with Gasteiger partial charge in [-0.1, -0.05) is 24.3 Å². The lowest BCUT2D eigenvalue weighted by Gasteiger charge is -2.28. The van der Waals surface area contributed by atoms with Crippen LogP contribution < -0.4 is 15.5 Å². The monoisotopic (exact) mass is 516 g/mol. The topological polar surface area (TPSA) is 86.5 Å². The Hall–Kier alpha value is -4.88. The number of morpholine rings is 1. The number of rotatable bonds is 6. The number of hydrogen-bond acceptors (Lipinski definition) is 4. The number of fused-ring (bicyclic) bond motifs is 1. The summed E-state index contributed by atoms with van der Waals surface area (Å²) in [7, 11) is 0. The summed E-state index contributed by atoms with van der Waals surface area (Å²) in [5.41, 5.74) is 6.57. The van der Waals surface area contributed by atoms with E-state index in [0.717, 1.165) is 65.4 Å². The molecule has 0 atom stereocenters. The first-order chi connectivity index (χ1) is 19.1. The van der Waals surface area contributed by atoms with Crippen LogP contribution in [-0.2, 0) is 4.74 Å². The molecule has 3 N–H and O–H groups in total. The average Bonchev–Trinajstić information content (AvgIpc) is 3.46. The minimum absolute atomic E-state index is 0.175. The van der Waals surface area contributed by atoms with Gasteiger partial charge in [0.1, 0.15) is 0 Å². The summed E-state index contributed by atoms with van der Waals surface area (Å²) in [6.07, 6.45) is 1.87.